The predicted octanol–water partition coefficient (Wildman–Crippen LogP) is 2.37. The van der Waals surface area contributed by atoms with Gasteiger partial charge in [0.15, 0.2) is 5.96 Å². The van der Waals surface area contributed by atoms with Crippen molar-refractivity contribution in [2.75, 3.05) is 32.1 Å². The van der Waals surface area contributed by atoms with Crippen LogP contribution >= 0.6 is 0 Å². The third-order valence-electron chi connectivity index (χ3n) is 4.58. The second-order valence-electron chi connectivity index (χ2n) is 6.41. The van der Waals surface area contributed by atoms with Crippen molar-refractivity contribution in [1.29, 1.82) is 0 Å². The quantitative estimate of drug-likeness (QED) is 0.650. The summed E-state index contributed by atoms with van der Waals surface area (Å²) in [4.78, 5) is 11.0. The molecule has 5 nitrogen and oxygen atoms in total. The maximum Gasteiger partial charge on any atom is 0.191 e. The van der Waals surface area contributed by atoms with Crippen molar-refractivity contribution in [3.05, 3.63) is 59.4 Å². The van der Waals surface area contributed by atoms with Gasteiger partial charge in [0.25, 0.3) is 0 Å². The molecule has 3 rings (SSSR count). The lowest BCUT2D eigenvalue weighted by atomic mass is 9.99. The van der Waals surface area contributed by atoms with Crippen LogP contribution in [0, 0.1) is 0 Å². The molecule has 5 heteroatoms. The molecule has 0 bridgehead atoms. The van der Waals surface area contributed by atoms with Gasteiger partial charge in [0.2, 0.25) is 0 Å². The highest BCUT2D eigenvalue weighted by molar-refractivity contribution is 5.79. The molecule has 0 unspecified atom stereocenters. The number of aliphatic imine (C=N–C) groups is 1. The Balaban J connectivity index is 1.49. The molecule has 0 saturated carbocycles. The average Bonchev–Trinajstić information content (AvgIpc) is 2.65. The van der Waals surface area contributed by atoms with Crippen molar-refractivity contribution in [2.24, 2.45) is 4.99 Å². The Kier molecular flexibility index (Phi) is 5.88. The summed E-state index contributed by atoms with van der Waals surface area (Å²) in [6, 6.07) is 12.8. The largest absolute Gasteiger partial charge is 0.374 e. The molecule has 1 aromatic carbocycles. The Bertz CT molecular complexity index is 711. The molecule has 0 atom stereocenters. The lowest BCUT2D eigenvalue weighted by molar-refractivity contribution is 0.740. The van der Waals surface area contributed by atoms with E-state index >= 15 is 0 Å². The van der Waals surface area contributed by atoms with Gasteiger partial charge in [0, 0.05) is 57.7 Å². The van der Waals surface area contributed by atoms with Crippen LogP contribution in [0.2, 0.25) is 0 Å². The van der Waals surface area contributed by atoms with Gasteiger partial charge < -0.3 is 15.5 Å². The van der Waals surface area contributed by atoms with Gasteiger partial charge in [0.1, 0.15) is 0 Å². The van der Waals surface area contributed by atoms with E-state index in [0.717, 1.165) is 37.7 Å². The van der Waals surface area contributed by atoms with Gasteiger partial charge in [-0.3, -0.25) is 9.98 Å². The molecule has 25 heavy (non-hydrogen) atoms. The molecule has 2 aromatic rings. The van der Waals surface area contributed by atoms with Crippen LogP contribution in [-0.4, -0.2) is 38.1 Å². The zero-order chi connectivity index (χ0) is 17.5. The van der Waals surface area contributed by atoms with E-state index in [1.165, 1.54) is 29.7 Å². The summed E-state index contributed by atoms with van der Waals surface area (Å²) in [7, 11) is 3.97. The number of aryl methyl sites for hydroxylation is 1. The predicted molar refractivity (Wildman–Crippen MR) is 104 cm³/mol. The van der Waals surface area contributed by atoms with E-state index < -0.39 is 0 Å². The molecular formula is C20H27N5. The SMILES string of the molecule is CN=C(NCCc1ccccn1)NCc1ccc2c(c1)CCCN2C. The number of guanidine groups is 1. The van der Waals surface area contributed by atoms with E-state index in [9.17, 15) is 0 Å². The van der Waals surface area contributed by atoms with Crippen molar-refractivity contribution >= 4 is 11.6 Å². The first-order valence-electron chi connectivity index (χ1n) is 8.93. The maximum atomic E-state index is 4.34. The molecule has 1 aliphatic heterocycles. The summed E-state index contributed by atoms with van der Waals surface area (Å²) in [6.07, 6.45) is 5.12. The van der Waals surface area contributed by atoms with Crippen molar-refractivity contribution < 1.29 is 0 Å². The lowest BCUT2D eigenvalue weighted by Crippen LogP contribution is -2.38. The van der Waals surface area contributed by atoms with Gasteiger partial charge in [0.05, 0.1) is 0 Å². The van der Waals surface area contributed by atoms with Crippen LogP contribution in [0.4, 0.5) is 5.69 Å². The number of aromatic nitrogens is 1. The molecule has 132 valence electrons. The fourth-order valence-electron chi connectivity index (χ4n) is 3.21. The van der Waals surface area contributed by atoms with E-state index in [1.54, 1.807) is 7.05 Å². The third-order valence-corrected chi connectivity index (χ3v) is 4.58. The molecule has 0 spiro atoms. The zero-order valence-electron chi connectivity index (χ0n) is 15.1. The number of fused-ring (bicyclic) bond motifs is 1. The number of nitrogens with one attached hydrogen (secondary N) is 2. The molecule has 0 fully saturated rings. The number of anilines is 1. The first-order chi connectivity index (χ1) is 12.3. The van der Waals surface area contributed by atoms with Crippen LogP contribution in [0.1, 0.15) is 23.2 Å². The lowest BCUT2D eigenvalue weighted by Gasteiger charge is -2.28. The topological polar surface area (TPSA) is 52.6 Å². The first kappa shape index (κ1) is 17.3. The fraction of sp³-hybridized carbons (Fsp3) is 0.400. The highest BCUT2D eigenvalue weighted by atomic mass is 15.2. The summed E-state index contributed by atoms with van der Waals surface area (Å²) >= 11 is 0. The van der Waals surface area contributed by atoms with Crippen LogP contribution in [0.5, 0.6) is 0 Å². The molecular weight excluding hydrogens is 310 g/mol. The fourth-order valence-corrected chi connectivity index (χ4v) is 3.21. The minimum atomic E-state index is 0.778. The van der Waals surface area contributed by atoms with Crippen molar-refractivity contribution in [3.8, 4) is 0 Å². The Morgan fingerprint density at radius 1 is 1.24 bits per heavy atom. The van der Waals surface area contributed by atoms with Gasteiger partial charge in [-0.1, -0.05) is 18.2 Å². The van der Waals surface area contributed by atoms with Crippen LogP contribution in [0.15, 0.2) is 47.6 Å². The zero-order valence-corrected chi connectivity index (χ0v) is 15.1. The van der Waals surface area contributed by atoms with Crippen LogP contribution < -0.4 is 15.5 Å². The Labute approximate surface area is 150 Å². The van der Waals surface area contributed by atoms with E-state index in [1.807, 2.05) is 24.4 Å². The molecule has 1 aromatic heterocycles. The van der Waals surface area contributed by atoms with Gasteiger partial charge in [-0.15, -0.1) is 0 Å². The smallest absolute Gasteiger partial charge is 0.191 e. The number of nitrogens with zero attached hydrogens (tertiary/aromatic N) is 3. The van der Waals surface area contributed by atoms with E-state index in [2.05, 4.69) is 50.8 Å². The van der Waals surface area contributed by atoms with E-state index in [-0.39, 0.29) is 0 Å². The van der Waals surface area contributed by atoms with Gasteiger partial charge in [-0.25, -0.2) is 0 Å². The molecule has 2 N–H and O–H groups in total. The molecule has 1 aliphatic rings. The van der Waals surface area contributed by atoms with Crippen molar-refractivity contribution in [3.63, 3.8) is 0 Å². The highest BCUT2D eigenvalue weighted by Gasteiger charge is 2.13. The summed E-state index contributed by atoms with van der Waals surface area (Å²) in [5, 5.41) is 6.74. The van der Waals surface area contributed by atoms with Gasteiger partial charge in [-0.05, 0) is 42.2 Å². The van der Waals surface area contributed by atoms with Gasteiger partial charge >= 0.3 is 0 Å². The van der Waals surface area contributed by atoms with E-state index in [0.29, 0.717) is 0 Å². The molecule has 0 amide bonds. The van der Waals surface area contributed by atoms with Crippen LogP contribution in [0.25, 0.3) is 0 Å². The molecule has 0 aliphatic carbocycles. The Hall–Kier alpha value is -2.56. The van der Waals surface area contributed by atoms with Crippen LogP contribution in [0.3, 0.4) is 0 Å². The summed E-state index contributed by atoms with van der Waals surface area (Å²) in [6.45, 7) is 2.74. The minimum absolute atomic E-state index is 0.778. The number of benzene rings is 1. The average molecular weight is 337 g/mol. The van der Waals surface area contributed by atoms with E-state index in [4.69, 9.17) is 0 Å². The summed E-state index contributed by atoms with van der Waals surface area (Å²) in [5.74, 6) is 0.825. The maximum absolute atomic E-state index is 4.34. The standard InChI is InChI=1S/C20H27N5/c1-21-20(23-12-10-18-7-3-4-11-22-18)24-15-16-8-9-19-17(14-16)6-5-13-25(19)2/h3-4,7-9,11,14H,5-6,10,12-13,15H2,1-2H3,(H2,21,23,24). The number of rotatable bonds is 5. The monoisotopic (exact) mass is 337 g/mol. The third kappa shape index (κ3) is 4.72. The second-order valence-corrected chi connectivity index (χ2v) is 6.41. The first-order valence-corrected chi connectivity index (χ1v) is 8.93. The molecule has 2 heterocycles. The second kappa shape index (κ2) is 8.51. The number of pyridine rings is 1. The number of hydrogen-bond donors (Lipinski definition) is 2. The van der Waals surface area contributed by atoms with Crippen molar-refractivity contribution in [1.82, 2.24) is 15.6 Å². The Morgan fingerprint density at radius 3 is 2.96 bits per heavy atom. The number of hydrogen-bond acceptors (Lipinski definition) is 3. The summed E-state index contributed by atoms with van der Waals surface area (Å²) < 4.78 is 0. The minimum Gasteiger partial charge on any atom is -0.374 e. The van der Waals surface area contributed by atoms with Crippen LogP contribution in [-0.2, 0) is 19.4 Å². The normalized spacial score (nSPS) is 14.2. The molecule has 0 radical (unpaired) electrons. The summed E-state index contributed by atoms with van der Waals surface area (Å²) in [5.41, 5.74) is 5.20. The van der Waals surface area contributed by atoms with Gasteiger partial charge in [-0.2, -0.15) is 0 Å². The highest BCUT2D eigenvalue weighted by Crippen LogP contribution is 2.26. The Morgan fingerprint density at radius 2 is 2.16 bits per heavy atom. The van der Waals surface area contributed by atoms with Crippen molar-refractivity contribution in [2.45, 2.75) is 25.8 Å². The molecule has 0 saturated heterocycles.